The number of nitrogens with one attached hydrogen (secondary N) is 1. The molecule has 1 heterocycles. The highest BCUT2D eigenvalue weighted by molar-refractivity contribution is 5.85. The topological polar surface area (TPSA) is 33.7 Å². The molecule has 0 bridgehead atoms. The Kier molecular flexibility index (Phi) is 12.1. The highest BCUT2D eigenvalue weighted by atomic mass is 35.5. The van der Waals surface area contributed by atoms with E-state index in [1.807, 2.05) is 24.3 Å². The third kappa shape index (κ3) is 8.33. The minimum Gasteiger partial charge on any atom is -0.489 e. The number of halogens is 3. The van der Waals surface area contributed by atoms with E-state index >= 15 is 0 Å². The second-order valence-corrected chi connectivity index (χ2v) is 6.51. The number of nitrogens with zero attached hydrogens (tertiary/aromatic N) is 1. The van der Waals surface area contributed by atoms with Gasteiger partial charge in [0.15, 0.2) is 0 Å². The molecule has 0 amide bonds. The van der Waals surface area contributed by atoms with Crippen molar-refractivity contribution >= 4 is 24.8 Å². The summed E-state index contributed by atoms with van der Waals surface area (Å²) in [6.45, 7) is 6.94. The first-order valence-corrected chi connectivity index (χ1v) is 9.27. The minimum absolute atomic E-state index is 0. The summed E-state index contributed by atoms with van der Waals surface area (Å²) in [7, 11) is 0. The van der Waals surface area contributed by atoms with Crippen molar-refractivity contribution in [2.75, 3.05) is 39.4 Å². The summed E-state index contributed by atoms with van der Waals surface area (Å²) < 4.78 is 24.7. The van der Waals surface area contributed by atoms with Gasteiger partial charge >= 0.3 is 0 Å². The van der Waals surface area contributed by atoms with Crippen LogP contribution >= 0.6 is 24.8 Å². The average Bonchev–Trinajstić information content (AvgIpc) is 2.68. The van der Waals surface area contributed by atoms with E-state index in [2.05, 4.69) is 16.3 Å². The summed E-state index contributed by atoms with van der Waals surface area (Å²) in [4.78, 5) is 2.45. The molecule has 0 saturated carbocycles. The molecule has 0 unspecified atom stereocenters. The van der Waals surface area contributed by atoms with E-state index < -0.39 is 0 Å². The van der Waals surface area contributed by atoms with Crippen molar-refractivity contribution in [3.8, 4) is 5.75 Å². The van der Waals surface area contributed by atoms with Crippen LogP contribution in [0.15, 0.2) is 48.5 Å². The zero-order valence-electron chi connectivity index (χ0n) is 15.9. The monoisotopic (exact) mass is 430 g/mol. The van der Waals surface area contributed by atoms with Gasteiger partial charge in [-0.05, 0) is 43.3 Å². The van der Waals surface area contributed by atoms with Gasteiger partial charge in [0.2, 0.25) is 0 Å². The van der Waals surface area contributed by atoms with Crippen LogP contribution in [0.1, 0.15) is 17.5 Å². The third-order valence-electron chi connectivity index (χ3n) is 4.51. The zero-order chi connectivity index (χ0) is 18.0. The van der Waals surface area contributed by atoms with E-state index in [0.717, 1.165) is 58.1 Å². The summed E-state index contributed by atoms with van der Waals surface area (Å²) in [5, 5.41) is 3.48. The normalized spacial score (nSPS) is 14.0. The van der Waals surface area contributed by atoms with Gasteiger partial charge in [-0.25, -0.2) is 4.39 Å². The Labute approximate surface area is 179 Å². The maximum atomic E-state index is 13.6. The van der Waals surface area contributed by atoms with E-state index in [0.29, 0.717) is 5.56 Å². The fourth-order valence-electron chi connectivity index (χ4n) is 3.01. The molecule has 0 radical (unpaired) electrons. The fourth-order valence-corrected chi connectivity index (χ4v) is 3.01. The van der Waals surface area contributed by atoms with E-state index in [4.69, 9.17) is 9.47 Å². The largest absolute Gasteiger partial charge is 0.489 e. The van der Waals surface area contributed by atoms with Gasteiger partial charge in [0.25, 0.3) is 0 Å². The average molecular weight is 431 g/mol. The van der Waals surface area contributed by atoms with Crippen molar-refractivity contribution in [3.05, 3.63) is 65.5 Å². The van der Waals surface area contributed by atoms with E-state index in [1.165, 1.54) is 11.6 Å². The van der Waals surface area contributed by atoms with Gasteiger partial charge in [-0.3, -0.25) is 4.90 Å². The molecule has 1 aliphatic rings. The molecule has 0 spiro atoms. The smallest absolute Gasteiger partial charge is 0.129 e. The van der Waals surface area contributed by atoms with Crippen LogP contribution in [-0.4, -0.2) is 44.3 Å². The van der Waals surface area contributed by atoms with Crippen LogP contribution in [-0.2, 0) is 17.9 Å². The van der Waals surface area contributed by atoms with Gasteiger partial charge < -0.3 is 14.8 Å². The fraction of sp³-hybridized carbons (Fsp3) is 0.429. The molecule has 0 aromatic heterocycles. The lowest BCUT2D eigenvalue weighted by Gasteiger charge is -2.26. The standard InChI is InChI=1S/C21H27FN2O2.2ClH/c22-21-8-2-1-6-19(21)17-26-20-7-3-5-18(15-20)16-23-9-4-10-24-11-13-25-14-12-24;;/h1-3,5-8,15,23H,4,9-14,16-17H2;2*1H. The first kappa shape index (κ1) is 24.7. The SMILES string of the molecule is Cl.Cl.Fc1ccccc1COc1cccc(CNCCCN2CCOCC2)c1. The quantitative estimate of drug-likeness (QED) is 0.608. The Morgan fingerprint density at radius 3 is 2.61 bits per heavy atom. The summed E-state index contributed by atoms with van der Waals surface area (Å²) in [5.74, 6) is 0.534. The van der Waals surface area contributed by atoms with Gasteiger partial charge in [-0.2, -0.15) is 0 Å². The first-order valence-electron chi connectivity index (χ1n) is 9.27. The van der Waals surface area contributed by atoms with Crippen LogP contribution in [0.5, 0.6) is 5.75 Å². The molecule has 0 aliphatic carbocycles. The Morgan fingerprint density at radius 1 is 1.04 bits per heavy atom. The Morgan fingerprint density at radius 2 is 1.82 bits per heavy atom. The second kappa shape index (κ2) is 13.7. The van der Waals surface area contributed by atoms with Crippen LogP contribution in [0.25, 0.3) is 0 Å². The molecule has 3 rings (SSSR count). The predicted octanol–water partition coefficient (Wildman–Crippen LogP) is 4.06. The van der Waals surface area contributed by atoms with Gasteiger partial charge in [-0.1, -0.05) is 30.3 Å². The lowest BCUT2D eigenvalue weighted by molar-refractivity contribution is 0.0374. The molecule has 0 atom stereocenters. The van der Waals surface area contributed by atoms with Crippen LogP contribution < -0.4 is 10.1 Å². The lowest BCUT2D eigenvalue weighted by Crippen LogP contribution is -2.37. The molecule has 2 aromatic rings. The molecule has 1 aliphatic heterocycles. The summed E-state index contributed by atoms with van der Waals surface area (Å²) in [6.07, 6.45) is 1.13. The van der Waals surface area contributed by atoms with Crippen molar-refractivity contribution in [3.63, 3.8) is 0 Å². The molecular weight excluding hydrogens is 402 g/mol. The van der Waals surface area contributed by atoms with Crippen molar-refractivity contribution in [1.82, 2.24) is 10.2 Å². The summed E-state index contributed by atoms with van der Waals surface area (Å²) >= 11 is 0. The molecule has 7 heteroatoms. The van der Waals surface area contributed by atoms with Crippen LogP contribution in [0.2, 0.25) is 0 Å². The summed E-state index contributed by atoms with van der Waals surface area (Å²) in [6, 6.07) is 14.7. The Hall–Kier alpha value is -1.37. The molecule has 1 saturated heterocycles. The van der Waals surface area contributed by atoms with Crippen LogP contribution in [0.4, 0.5) is 4.39 Å². The number of morpholine rings is 1. The Balaban J connectivity index is 0.00000196. The van der Waals surface area contributed by atoms with Gasteiger partial charge in [0.05, 0.1) is 13.2 Å². The maximum absolute atomic E-state index is 13.6. The second-order valence-electron chi connectivity index (χ2n) is 6.51. The molecule has 4 nitrogen and oxygen atoms in total. The minimum atomic E-state index is -0.231. The van der Waals surface area contributed by atoms with E-state index in [1.54, 1.807) is 12.1 Å². The van der Waals surface area contributed by atoms with Crippen LogP contribution in [0.3, 0.4) is 0 Å². The van der Waals surface area contributed by atoms with Crippen molar-refractivity contribution in [2.45, 2.75) is 19.6 Å². The van der Waals surface area contributed by atoms with Crippen molar-refractivity contribution in [2.24, 2.45) is 0 Å². The molecular formula is C21H29Cl2FN2O2. The van der Waals surface area contributed by atoms with Crippen molar-refractivity contribution < 1.29 is 13.9 Å². The highest BCUT2D eigenvalue weighted by Crippen LogP contribution is 2.16. The molecule has 1 fully saturated rings. The lowest BCUT2D eigenvalue weighted by atomic mass is 10.2. The number of hydrogen-bond donors (Lipinski definition) is 1. The predicted molar refractivity (Wildman–Crippen MR) is 115 cm³/mol. The number of benzene rings is 2. The zero-order valence-corrected chi connectivity index (χ0v) is 17.6. The van der Waals surface area contributed by atoms with Gasteiger partial charge in [0.1, 0.15) is 18.2 Å². The van der Waals surface area contributed by atoms with Gasteiger partial charge in [-0.15, -0.1) is 24.8 Å². The number of rotatable bonds is 9. The molecule has 1 N–H and O–H groups in total. The third-order valence-corrected chi connectivity index (χ3v) is 4.51. The van der Waals surface area contributed by atoms with Crippen molar-refractivity contribution in [1.29, 1.82) is 0 Å². The summed E-state index contributed by atoms with van der Waals surface area (Å²) in [5.41, 5.74) is 1.74. The molecule has 2 aromatic carbocycles. The van der Waals surface area contributed by atoms with E-state index in [-0.39, 0.29) is 37.2 Å². The highest BCUT2D eigenvalue weighted by Gasteiger charge is 2.09. The molecule has 28 heavy (non-hydrogen) atoms. The maximum Gasteiger partial charge on any atom is 0.129 e. The van der Waals surface area contributed by atoms with Crippen LogP contribution in [0, 0.1) is 5.82 Å². The number of ether oxygens (including phenoxy) is 2. The first-order chi connectivity index (χ1) is 12.8. The molecule has 156 valence electrons. The Bertz CT molecular complexity index is 685. The number of hydrogen-bond acceptors (Lipinski definition) is 4. The van der Waals surface area contributed by atoms with Gasteiger partial charge in [0, 0.05) is 25.2 Å². The van der Waals surface area contributed by atoms with E-state index in [9.17, 15) is 4.39 Å².